The van der Waals surface area contributed by atoms with Gasteiger partial charge < -0.3 is 10.3 Å². The smallest absolute Gasteiger partial charge is 0.186 e. The standard InChI is InChI=1S/C10H12N6S/c1-6(15-16-10(17)11-2)8-13-7-4-3-5-12-9(7)14-8/h3-5H,1-2H3,(H2,11,16,17)(H,12,13,14)/b15-6+. The van der Waals surface area contributed by atoms with Crippen LogP contribution in [0.3, 0.4) is 0 Å². The molecular formula is C10H12N6S. The number of nitrogens with zero attached hydrogens (tertiary/aromatic N) is 3. The number of hydrogen-bond donors (Lipinski definition) is 3. The van der Waals surface area contributed by atoms with Crippen molar-refractivity contribution in [1.82, 2.24) is 25.7 Å². The Labute approximate surface area is 104 Å². The zero-order valence-electron chi connectivity index (χ0n) is 9.48. The number of pyridine rings is 1. The number of aromatic amines is 1. The molecule has 0 aliphatic heterocycles. The summed E-state index contributed by atoms with van der Waals surface area (Å²) >= 11 is 4.92. The van der Waals surface area contributed by atoms with Gasteiger partial charge in [-0.1, -0.05) is 0 Å². The number of aromatic nitrogens is 3. The van der Waals surface area contributed by atoms with Crippen molar-refractivity contribution in [1.29, 1.82) is 0 Å². The summed E-state index contributed by atoms with van der Waals surface area (Å²) < 4.78 is 0. The highest BCUT2D eigenvalue weighted by molar-refractivity contribution is 7.80. The van der Waals surface area contributed by atoms with E-state index in [0.717, 1.165) is 5.52 Å². The molecule has 0 saturated heterocycles. The van der Waals surface area contributed by atoms with Crippen molar-refractivity contribution in [3.05, 3.63) is 24.2 Å². The molecule has 0 aromatic carbocycles. The lowest BCUT2D eigenvalue weighted by Gasteiger charge is -2.01. The lowest BCUT2D eigenvalue weighted by molar-refractivity contribution is 0.969. The molecule has 0 atom stereocenters. The number of H-pyrrole nitrogens is 1. The number of fused-ring (bicyclic) bond motifs is 1. The topological polar surface area (TPSA) is 78.0 Å². The Kier molecular flexibility index (Phi) is 3.29. The maximum atomic E-state index is 4.92. The second kappa shape index (κ2) is 4.88. The molecule has 2 heterocycles. The highest BCUT2D eigenvalue weighted by atomic mass is 32.1. The number of hydrogen-bond acceptors (Lipinski definition) is 4. The average Bonchev–Trinajstić information content (AvgIpc) is 2.79. The molecule has 0 fully saturated rings. The minimum atomic E-state index is 0.457. The molecule has 6 nitrogen and oxygen atoms in total. The van der Waals surface area contributed by atoms with Crippen LogP contribution in [0.5, 0.6) is 0 Å². The minimum absolute atomic E-state index is 0.457. The van der Waals surface area contributed by atoms with Crippen molar-refractivity contribution in [3.63, 3.8) is 0 Å². The van der Waals surface area contributed by atoms with E-state index in [-0.39, 0.29) is 0 Å². The van der Waals surface area contributed by atoms with Crippen LogP contribution in [-0.2, 0) is 0 Å². The first-order valence-electron chi connectivity index (χ1n) is 5.04. The third-order valence-corrected chi connectivity index (χ3v) is 2.45. The Bertz CT molecular complexity index is 540. The van der Waals surface area contributed by atoms with Crippen molar-refractivity contribution in [2.24, 2.45) is 5.10 Å². The SMILES string of the molecule is CNC(=S)N/N=C(\C)c1nc2ncccc2[nH]1. The molecular weight excluding hydrogens is 236 g/mol. The van der Waals surface area contributed by atoms with Crippen LogP contribution in [0.2, 0.25) is 0 Å². The summed E-state index contributed by atoms with van der Waals surface area (Å²) in [5, 5.41) is 7.33. The summed E-state index contributed by atoms with van der Waals surface area (Å²) in [6.07, 6.45) is 1.70. The van der Waals surface area contributed by atoms with Gasteiger partial charge in [0.1, 0.15) is 5.71 Å². The van der Waals surface area contributed by atoms with Crippen LogP contribution >= 0.6 is 12.2 Å². The molecule has 0 spiro atoms. The van der Waals surface area contributed by atoms with E-state index in [1.807, 2.05) is 19.1 Å². The average molecular weight is 248 g/mol. The summed E-state index contributed by atoms with van der Waals surface area (Å²) in [4.78, 5) is 11.6. The molecule has 3 N–H and O–H groups in total. The predicted octanol–water partition coefficient (Wildman–Crippen LogP) is 0.776. The first-order chi connectivity index (χ1) is 8.20. The molecule has 2 rings (SSSR count). The fraction of sp³-hybridized carbons (Fsp3) is 0.200. The molecule has 0 bridgehead atoms. The number of thiocarbonyl (C=S) groups is 1. The Balaban J connectivity index is 2.24. The first kappa shape index (κ1) is 11.5. The molecule has 17 heavy (non-hydrogen) atoms. The van der Waals surface area contributed by atoms with Crippen LogP contribution in [-0.4, -0.2) is 32.8 Å². The zero-order valence-corrected chi connectivity index (χ0v) is 10.3. The van der Waals surface area contributed by atoms with Gasteiger partial charge in [-0.2, -0.15) is 5.10 Å². The largest absolute Gasteiger partial charge is 0.364 e. The van der Waals surface area contributed by atoms with Crippen LogP contribution in [0.15, 0.2) is 23.4 Å². The van der Waals surface area contributed by atoms with Crippen LogP contribution < -0.4 is 10.7 Å². The van der Waals surface area contributed by atoms with E-state index in [1.54, 1.807) is 13.2 Å². The van der Waals surface area contributed by atoms with Gasteiger partial charge in [-0.3, -0.25) is 5.43 Å². The Morgan fingerprint density at radius 2 is 2.35 bits per heavy atom. The van der Waals surface area contributed by atoms with Crippen LogP contribution in [0, 0.1) is 0 Å². The Morgan fingerprint density at radius 1 is 1.53 bits per heavy atom. The predicted molar refractivity (Wildman–Crippen MR) is 70.9 cm³/mol. The van der Waals surface area contributed by atoms with Gasteiger partial charge in [0.2, 0.25) is 0 Å². The maximum Gasteiger partial charge on any atom is 0.186 e. The molecule has 2 aromatic rings. The summed E-state index contributed by atoms with van der Waals surface area (Å²) in [5.41, 5.74) is 4.97. The number of nitrogens with one attached hydrogen (secondary N) is 3. The van der Waals surface area contributed by atoms with Gasteiger partial charge >= 0.3 is 0 Å². The molecule has 7 heteroatoms. The van der Waals surface area contributed by atoms with Crippen molar-refractivity contribution in [2.75, 3.05) is 7.05 Å². The van der Waals surface area contributed by atoms with Crippen LogP contribution in [0.1, 0.15) is 12.7 Å². The van der Waals surface area contributed by atoms with Crippen molar-refractivity contribution in [3.8, 4) is 0 Å². The van der Waals surface area contributed by atoms with Crippen LogP contribution in [0.4, 0.5) is 0 Å². The van der Waals surface area contributed by atoms with E-state index in [1.165, 1.54) is 0 Å². The van der Waals surface area contributed by atoms with Gasteiger partial charge in [0.25, 0.3) is 0 Å². The lowest BCUT2D eigenvalue weighted by atomic mass is 10.4. The molecule has 0 saturated carbocycles. The molecule has 0 aliphatic rings. The Hall–Kier alpha value is -2.02. The van der Waals surface area contributed by atoms with E-state index in [9.17, 15) is 0 Å². The van der Waals surface area contributed by atoms with Gasteiger partial charge in [-0.05, 0) is 31.3 Å². The van der Waals surface area contributed by atoms with E-state index < -0.39 is 0 Å². The first-order valence-corrected chi connectivity index (χ1v) is 5.44. The van der Waals surface area contributed by atoms with Gasteiger partial charge in [0.05, 0.1) is 5.52 Å². The number of hydrazone groups is 1. The summed E-state index contributed by atoms with van der Waals surface area (Å²) in [7, 11) is 1.73. The van der Waals surface area contributed by atoms with Gasteiger partial charge in [-0.15, -0.1) is 0 Å². The zero-order chi connectivity index (χ0) is 12.3. The van der Waals surface area contributed by atoms with Gasteiger partial charge in [0, 0.05) is 13.2 Å². The van der Waals surface area contributed by atoms with Crippen molar-refractivity contribution >= 4 is 34.2 Å². The van der Waals surface area contributed by atoms with Crippen molar-refractivity contribution in [2.45, 2.75) is 6.92 Å². The normalized spacial score (nSPS) is 11.5. The monoisotopic (exact) mass is 248 g/mol. The summed E-state index contributed by atoms with van der Waals surface area (Å²) in [6.45, 7) is 1.84. The highest BCUT2D eigenvalue weighted by Gasteiger charge is 2.05. The lowest BCUT2D eigenvalue weighted by Crippen LogP contribution is -2.29. The van der Waals surface area contributed by atoms with E-state index in [0.29, 0.717) is 22.3 Å². The molecule has 0 aliphatic carbocycles. The quantitative estimate of drug-likeness (QED) is 0.416. The number of imidazole rings is 1. The second-order valence-corrected chi connectivity index (χ2v) is 3.76. The highest BCUT2D eigenvalue weighted by Crippen LogP contribution is 2.07. The molecule has 0 unspecified atom stereocenters. The van der Waals surface area contributed by atoms with Crippen LogP contribution in [0.25, 0.3) is 11.2 Å². The molecule has 2 aromatic heterocycles. The second-order valence-electron chi connectivity index (χ2n) is 3.35. The van der Waals surface area contributed by atoms with E-state index in [2.05, 4.69) is 30.8 Å². The Morgan fingerprint density at radius 3 is 3.06 bits per heavy atom. The van der Waals surface area contributed by atoms with Crippen molar-refractivity contribution < 1.29 is 0 Å². The van der Waals surface area contributed by atoms with E-state index >= 15 is 0 Å². The summed E-state index contributed by atoms with van der Waals surface area (Å²) in [5.74, 6) is 0.671. The van der Waals surface area contributed by atoms with Gasteiger partial charge in [-0.25, -0.2) is 9.97 Å². The summed E-state index contributed by atoms with van der Waals surface area (Å²) in [6, 6.07) is 3.77. The van der Waals surface area contributed by atoms with E-state index in [4.69, 9.17) is 12.2 Å². The third kappa shape index (κ3) is 2.56. The molecule has 88 valence electrons. The molecule has 0 radical (unpaired) electrons. The third-order valence-electron chi connectivity index (χ3n) is 2.15. The molecule has 0 amide bonds. The fourth-order valence-electron chi connectivity index (χ4n) is 1.26. The number of rotatable bonds is 2. The minimum Gasteiger partial charge on any atom is -0.364 e. The van der Waals surface area contributed by atoms with Gasteiger partial charge in [0.15, 0.2) is 16.6 Å². The fourth-order valence-corrected chi connectivity index (χ4v) is 1.31. The maximum absolute atomic E-state index is 4.92.